The molecule has 12 rings (SSSR count). The molecule has 0 N–H and O–H groups in total. The smallest absolute Gasteiger partial charge is 0.0130 e. The van der Waals surface area contributed by atoms with Crippen molar-refractivity contribution in [3.05, 3.63) is 0 Å². The van der Waals surface area contributed by atoms with Crippen LogP contribution < -0.4 is 0 Å². The lowest BCUT2D eigenvalue weighted by Gasteiger charge is -3.20. The van der Waals surface area contributed by atoms with E-state index in [0.29, 0.717) is 0 Å². The average Bonchev–Trinajstić information content (AvgIpc) is 2.39. The van der Waals surface area contributed by atoms with Gasteiger partial charge in [-0.2, -0.15) is 0 Å². The molecule has 12 saturated carbocycles. The SMILES string of the molecule is C12C3C4C1C1C2C3C41C12C3C4C5C3C1C5C42. The Hall–Kier alpha value is 0. The summed E-state index contributed by atoms with van der Waals surface area (Å²) in [5.74, 6) is 19.0. The van der Waals surface area contributed by atoms with Gasteiger partial charge < -0.3 is 0 Å². The van der Waals surface area contributed by atoms with Crippen molar-refractivity contribution in [1.29, 1.82) is 0 Å². The summed E-state index contributed by atoms with van der Waals surface area (Å²) in [6.45, 7) is 0. The second-order valence-corrected chi connectivity index (χ2v) is 9.64. The zero-order valence-electron chi connectivity index (χ0n) is 9.08. The Morgan fingerprint density at radius 2 is 0.562 bits per heavy atom. The van der Waals surface area contributed by atoms with Crippen molar-refractivity contribution in [2.24, 2.45) is 93.7 Å². The maximum Gasteiger partial charge on any atom is -0.0130 e. The molecule has 0 aliphatic heterocycles. The highest BCUT2D eigenvalue weighted by Gasteiger charge is 3.16. The molecule has 0 bridgehead atoms. The Labute approximate surface area is 94.2 Å². The van der Waals surface area contributed by atoms with E-state index >= 15 is 0 Å². The van der Waals surface area contributed by atoms with Crippen LogP contribution in [-0.2, 0) is 0 Å². The molecule has 16 heavy (non-hydrogen) atoms. The van der Waals surface area contributed by atoms with E-state index in [4.69, 9.17) is 0 Å². The summed E-state index contributed by atoms with van der Waals surface area (Å²) >= 11 is 0. The number of rotatable bonds is 1. The largest absolute Gasteiger partial charge is 0.0311 e. The zero-order valence-corrected chi connectivity index (χ0v) is 9.08. The first-order chi connectivity index (χ1) is 7.98. The summed E-state index contributed by atoms with van der Waals surface area (Å²) in [5, 5.41) is 0. The summed E-state index contributed by atoms with van der Waals surface area (Å²) in [6, 6.07) is 0. The van der Waals surface area contributed by atoms with Gasteiger partial charge in [0.15, 0.2) is 0 Å². The summed E-state index contributed by atoms with van der Waals surface area (Å²) in [4.78, 5) is 0. The quantitative estimate of drug-likeness (QED) is 0.613. The van der Waals surface area contributed by atoms with E-state index in [1.165, 1.54) is 82.9 Å². The number of hydrogen-bond donors (Lipinski definition) is 0. The van der Waals surface area contributed by atoms with Crippen molar-refractivity contribution in [2.75, 3.05) is 0 Å². The minimum absolute atomic E-state index is 1.11. The fourth-order valence-electron chi connectivity index (χ4n) is 12.6. The van der Waals surface area contributed by atoms with Crippen LogP contribution >= 0.6 is 0 Å². The summed E-state index contributed by atoms with van der Waals surface area (Å²) in [6.07, 6.45) is 0. The summed E-state index contributed by atoms with van der Waals surface area (Å²) in [7, 11) is 0. The van der Waals surface area contributed by atoms with Crippen molar-refractivity contribution in [1.82, 2.24) is 0 Å². The van der Waals surface area contributed by atoms with Crippen LogP contribution in [0.4, 0.5) is 0 Å². The third-order valence-corrected chi connectivity index (χ3v) is 11.7. The molecule has 78 valence electrons. The Bertz CT molecular complexity index is 458. The Balaban J connectivity index is 1.34. The monoisotopic (exact) mass is 206 g/mol. The van der Waals surface area contributed by atoms with Gasteiger partial charge in [0.2, 0.25) is 0 Å². The predicted octanol–water partition coefficient (Wildman–Crippen LogP) is 1.72. The maximum absolute atomic E-state index is 1.36. The third kappa shape index (κ3) is 0.173. The van der Waals surface area contributed by atoms with Crippen molar-refractivity contribution >= 4 is 0 Å². The van der Waals surface area contributed by atoms with Crippen LogP contribution in [0.15, 0.2) is 0 Å². The van der Waals surface area contributed by atoms with E-state index in [-0.39, 0.29) is 0 Å². The van der Waals surface area contributed by atoms with Gasteiger partial charge >= 0.3 is 0 Å². The first-order valence-electron chi connectivity index (χ1n) is 7.98. The topological polar surface area (TPSA) is 0 Å². The van der Waals surface area contributed by atoms with E-state index in [1.807, 2.05) is 0 Å². The van der Waals surface area contributed by atoms with Crippen LogP contribution in [0.2, 0.25) is 0 Å². The van der Waals surface area contributed by atoms with Gasteiger partial charge in [0.1, 0.15) is 0 Å². The van der Waals surface area contributed by atoms with Crippen molar-refractivity contribution < 1.29 is 0 Å². The molecule has 12 fully saturated rings. The van der Waals surface area contributed by atoms with E-state index in [0.717, 1.165) is 10.8 Å². The first-order valence-corrected chi connectivity index (χ1v) is 7.98. The molecule has 0 spiro atoms. The fraction of sp³-hybridized carbons (Fsp3) is 1.00. The molecule has 12 aliphatic carbocycles. The molecule has 0 aromatic carbocycles. The predicted molar refractivity (Wildman–Crippen MR) is 53.7 cm³/mol. The molecule has 0 amide bonds. The highest BCUT2D eigenvalue weighted by molar-refractivity contribution is 5.62. The minimum Gasteiger partial charge on any atom is -0.0311 e. The molecular weight excluding hydrogens is 192 g/mol. The second kappa shape index (κ2) is 1.01. The van der Waals surface area contributed by atoms with Crippen LogP contribution in [-0.4, -0.2) is 0 Å². The normalized spacial score (nSPS) is 118. The molecule has 0 heterocycles. The lowest BCUT2D eigenvalue weighted by Crippen LogP contribution is -3.17. The van der Waals surface area contributed by atoms with Gasteiger partial charge in [0.25, 0.3) is 0 Å². The molecule has 0 saturated heterocycles. The zero-order chi connectivity index (χ0) is 9.08. The molecule has 0 aromatic rings. The van der Waals surface area contributed by atoms with Gasteiger partial charge in [-0.3, -0.25) is 0 Å². The molecule has 0 aromatic heterocycles. The van der Waals surface area contributed by atoms with E-state index in [9.17, 15) is 0 Å². The van der Waals surface area contributed by atoms with E-state index in [1.54, 1.807) is 0 Å². The third-order valence-electron chi connectivity index (χ3n) is 11.7. The average molecular weight is 206 g/mol. The van der Waals surface area contributed by atoms with E-state index < -0.39 is 0 Å². The Kier molecular flexibility index (Phi) is 0.363. The molecular formula is C16H14. The summed E-state index contributed by atoms with van der Waals surface area (Å²) in [5.41, 5.74) is 2.22. The van der Waals surface area contributed by atoms with Gasteiger partial charge in [0.05, 0.1) is 0 Å². The van der Waals surface area contributed by atoms with Crippen LogP contribution in [0, 0.1) is 93.7 Å². The minimum atomic E-state index is 1.11. The molecule has 0 nitrogen and oxygen atoms in total. The van der Waals surface area contributed by atoms with Crippen molar-refractivity contribution in [2.45, 2.75) is 0 Å². The molecule has 0 atom stereocenters. The lowest BCUT2D eigenvalue weighted by atomic mass is 8.84. The molecule has 0 heteroatoms. The van der Waals surface area contributed by atoms with E-state index in [2.05, 4.69) is 0 Å². The fourth-order valence-corrected chi connectivity index (χ4v) is 12.6. The van der Waals surface area contributed by atoms with Crippen molar-refractivity contribution in [3.63, 3.8) is 0 Å². The molecule has 0 unspecified atom stereocenters. The molecule has 12 aliphatic rings. The van der Waals surface area contributed by atoms with Crippen molar-refractivity contribution in [3.8, 4) is 0 Å². The van der Waals surface area contributed by atoms with Gasteiger partial charge in [0, 0.05) is 0 Å². The van der Waals surface area contributed by atoms with Crippen LogP contribution in [0.1, 0.15) is 0 Å². The number of hydrogen-bond acceptors (Lipinski definition) is 0. The van der Waals surface area contributed by atoms with Crippen LogP contribution in [0.3, 0.4) is 0 Å². The lowest BCUT2D eigenvalue weighted by molar-refractivity contribution is -0.739. The molecule has 0 radical (unpaired) electrons. The highest BCUT2D eigenvalue weighted by Crippen LogP contribution is 3.19. The highest BCUT2D eigenvalue weighted by atomic mass is 15.2. The summed E-state index contributed by atoms with van der Waals surface area (Å²) < 4.78 is 0. The first kappa shape index (κ1) is 5.76. The van der Waals surface area contributed by atoms with Gasteiger partial charge in [-0.05, 0) is 93.7 Å². The Morgan fingerprint density at radius 3 is 0.812 bits per heavy atom. The second-order valence-electron chi connectivity index (χ2n) is 9.64. The maximum atomic E-state index is 1.36. The van der Waals surface area contributed by atoms with Gasteiger partial charge in [-0.1, -0.05) is 0 Å². The Morgan fingerprint density at radius 1 is 0.312 bits per heavy atom. The van der Waals surface area contributed by atoms with Crippen LogP contribution in [0.25, 0.3) is 0 Å². The van der Waals surface area contributed by atoms with Gasteiger partial charge in [-0.25, -0.2) is 0 Å². The standard InChI is InChI=1S/C16H14/c1-3-9-4(1)11-5(1)10(3)15(9,11)16-12-6-2-7(12)14(16)8(2)13(6)16/h1-14H. The van der Waals surface area contributed by atoms with Crippen LogP contribution in [0.5, 0.6) is 0 Å². The van der Waals surface area contributed by atoms with Gasteiger partial charge in [-0.15, -0.1) is 0 Å².